The molecular weight excluding hydrogens is 208 g/mol. The molecule has 1 N–H and O–H groups in total. The summed E-state index contributed by atoms with van der Waals surface area (Å²) in [7, 11) is 0. The topological polar surface area (TPSA) is 12.0 Å². The fraction of sp³-hybridized carbons (Fsp3) is 0.538. The molecule has 0 aliphatic carbocycles. The van der Waals surface area contributed by atoms with E-state index in [9.17, 15) is 8.78 Å². The molecule has 1 fully saturated rings. The van der Waals surface area contributed by atoms with Crippen LogP contribution in [0.4, 0.5) is 8.78 Å². The average Bonchev–Trinajstić information content (AvgIpc) is 2.25. The second kappa shape index (κ2) is 4.91. The Kier molecular flexibility index (Phi) is 3.54. The van der Waals surface area contributed by atoms with Gasteiger partial charge in [0.25, 0.3) is 0 Å². The van der Waals surface area contributed by atoms with Crippen molar-refractivity contribution in [2.75, 3.05) is 6.54 Å². The normalized spacial score (nSPS) is 25.7. The van der Waals surface area contributed by atoms with E-state index in [1.54, 1.807) is 6.07 Å². The summed E-state index contributed by atoms with van der Waals surface area (Å²) in [4.78, 5) is 0. The predicted molar refractivity (Wildman–Crippen MR) is 60.3 cm³/mol. The molecule has 16 heavy (non-hydrogen) atoms. The smallest absolute Gasteiger partial charge is 0.129 e. The van der Waals surface area contributed by atoms with Crippen LogP contribution in [0.2, 0.25) is 0 Å². The third-order valence-electron chi connectivity index (χ3n) is 3.38. The van der Waals surface area contributed by atoms with Gasteiger partial charge in [-0.25, -0.2) is 8.78 Å². The molecule has 1 saturated heterocycles. The average molecular weight is 225 g/mol. The Morgan fingerprint density at radius 2 is 2.19 bits per heavy atom. The summed E-state index contributed by atoms with van der Waals surface area (Å²) >= 11 is 0. The van der Waals surface area contributed by atoms with Gasteiger partial charge in [0, 0.05) is 12.1 Å². The van der Waals surface area contributed by atoms with Gasteiger partial charge in [-0.3, -0.25) is 0 Å². The second-order valence-electron chi connectivity index (χ2n) is 4.62. The largest absolute Gasteiger partial charge is 0.313 e. The maximum Gasteiger partial charge on any atom is 0.129 e. The lowest BCUT2D eigenvalue weighted by molar-refractivity contribution is 0.296. The Hall–Kier alpha value is -0.960. The Labute approximate surface area is 94.9 Å². The Balaban J connectivity index is 2.07. The summed E-state index contributed by atoms with van der Waals surface area (Å²) < 4.78 is 26.2. The first-order valence-corrected chi connectivity index (χ1v) is 5.84. The summed E-state index contributed by atoms with van der Waals surface area (Å²) in [6.45, 7) is 3.18. The number of nitrogens with one attached hydrogen (secondary N) is 1. The molecule has 1 aromatic carbocycles. The molecule has 2 unspecified atom stereocenters. The minimum Gasteiger partial charge on any atom is -0.313 e. The standard InChI is InChI=1S/C13H17F2N/c1-9-3-2-6-16-13(9)7-10-4-5-11(14)8-12(10)15/h4-5,8-9,13,16H,2-3,6-7H2,1H3. The maximum atomic E-state index is 13.5. The van der Waals surface area contributed by atoms with Gasteiger partial charge in [0.1, 0.15) is 11.6 Å². The van der Waals surface area contributed by atoms with Crippen molar-refractivity contribution in [3.8, 4) is 0 Å². The zero-order valence-corrected chi connectivity index (χ0v) is 9.47. The molecule has 1 heterocycles. The van der Waals surface area contributed by atoms with Crippen LogP contribution >= 0.6 is 0 Å². The molecular formula is C13H17F2N. The number of hydrogen-bond acceptors (Lipinski definition) is 1. The van der Waals surface area contributed by atoms with Crippen LogP contribution in [0.5, 0.6) is 0 Å². The molecule has 0 amide bonds. The fourth-order valence-electron chi connectivity index (χ4n) is 2.31. The Bertz CT molecular complexity index is 365. The minimum atomic E-state index is -0.508. The van der Waals surface area contributed by atoms with Gasteiger partial charge < -0.3 is 5.32 Å². The number of hydrogen-bond donors (Lipinski definition) is 1. The molecule has 1 aliphatic rings. The first kappa shape index (κ1) is 11.5. The van der Waals surface area contributed by atoms with Crippen molar-refractivity contribution in [1.29, 1.82) is 0 Å². The third kappa shape index (κ3) is 2.59. The van der Waals surface area contributed by atoms with Crippen molar-refractivity contribution in [2.24, 2.45) is 5.92 Å². The highest BCUT2D eigenvalue weighted by molar-refractivity contribution is 5.20. The van der Waals surface area contributed by atoms with Gasteiger partial charge >= 0.3 is 0 Å². The highest BCUT2D eigenvalue weighted by Gasteiger charge is 2.21. The van der Waals surface area contributed by atoms with Crippen LogP contribution in [0.3, 0.4) is 0 Å². The molecule has 1 aromatic rings. The van der Waals surface area contributed by atoms with E-state index in [1.165, 1.54) is 18.9 Å². The Morgan fingerprint density at radius 3 is 2.88 bits per heavy atom. The van der Waals surface area contributed by atoms with Crippen molar-refractivity contribution in [2.45, 2.75) is 32.2 Å². The van der Waals surface area contributed by atoms with Crippen LogP contribution in [-0.2, 0) is 6.42 Å². The predicted octanol–water partition coefficient (Wildman–Crippen LogP) is 2.90. The van der Waals surface area contributed by atoms with Gasteiger partial charge in [-0.1, -0.05) is 13.0 Å². The molecule has 0 radical (unpaired) electrons. The monoisotopic (exact) mass is 225 g/mol. The van der Waals surface area contributed by atoms with E-state index >= 15 is 0 Å². The lowest BCUT2D eigenvalue weighted by Crippen LogP contribution is -2.41. The van der Waals surface area contributed by atoms with Crippen molar-refractivity contribution < 1.29 is 8.78 Å². The van der Waals surface area contributed by atoms with Crippen molar-refractivity contribution in [3.63, 3.8) is 0 Å². The molecule has 0 spiro atoms. The molecule has 3 heteroatoms. The SMILES string of the molecule is CC1CCCNC1Cc1ccc(F)cc1F. The fourth-order valence-corrected chi connectivity index (χ4v) is 2.31. The lowest BCUT2D eigenvalue weighted by Gasteiger charge is -2.30. The summed E-state index contributed by atoms with van der Waals surface area (Å²) in [6, 6.07) is 4.15. The van der Waals surface area contributed by atoms with Gasteiger partial charge in [-0.15, -0.1) is 0 Å². The van der Waals surface area contributed by atoms with Gasteiger partial charge in [-0.2, -0.15) is 0 Å². The molecule has 0 bridgehead atoms. The van der Waals surface area contributed by atoms with Crippen molar-refractivity contribution in [1.82, 2.24) is 5.32 Å². The molecule has 88 valence electrons. The van der Waals surface area contributed by atoms with Crippen LogP contribution in [-0.4, -0.2) is 12.6 Å². The third-order valence-corrected chi connectivity index (χ3v) is 3.38. The van der Waals surface area contributed by atoms with E-state index in [1.807, 2.05) is 0 Å². The van der Waals surface area contributed by atoms with E-state index in [0.717, 1.165) is 12.6 Å². The van der Waals surface area contributed by atoms with Gasteiger partial charge in [-0.05, 0) is 43.4 Å². The van der Waals surface area contributed by atoms with Crippen LogP contribution in [0.25, 0.3) is 0 Å². The summed E-state index contributed by atoms with van der Waals surface area (Å²) in [5, 5.41) is 3.40. The highest BCUT2D eigenvalue weighted by atomic mass is 19.1. The summed E-state index contributed by atoms with van der Waals surface area (Å²) in [6.07, 6.45) is 3.01. The molecule has 0 aromatic heterocycles. The number of benzene rings is 1. The maximum absolute atomic E-state index is 13.5. The van der Waals surface area contributed by atoms with E-state index in [0.29, 0.717) is 23.9 Å². The van der Waals surface area contributed by atoms with E-state index in [-0.39, 0.29) is 0 Å². The first-order chi connectivity index (χ1) is 7.66. The number of halogens is 2. The van der Waals surface area contributed by atoms with Gasteiger partial charge in [0.05, 0.1) is 0 Å². The van der Waals surface area contributed by atoms with Crippen LogP contribution in [0, 0.1) is 17.6 Å². The van der Waals surface area contributed by atoms with Crippen LogP contribution < -0.4 is 5.32 Å². The van der Waals surface area contributed by atoms with E-state index < -0.39 is 11.6 Å². The van der Waals surface area contributed by atoms with Crippen LogP contribution in [0.1, 0.15) is 25.3 Å². The molecule has 1 nitrogen and oxygen atoms in total. The molecule has 0 saturated carbocycles. The molecule has 1 aliphatic heterocycles. The van der Waals surface area contributed by atoms with Crippen LogP contribution in [0.15, 0.2) is 18.2 Å². The van der Waals surface area contributed by atoms with Gasteiger partial charge in [0.2, 0.25) is 0 Å². The van der Waals surface area contributed by atoms with Crippen molar-refractivity contribution >= 4 is 0 Å². The summed E-state index contributed by atoms with van der Waals surface area (Å²) in [5.41, 5.74) is 0.604. The van der Waals surface area contributed by atoms with E-state index in [4.69, 9.17) is 0 Å². The molecule has 2 rings (SSSR count). The quantitative estimate of drug-likeness (QED) is 0.816. The minimum absolute atomic E-state index is 0.314. The lowest BCUT2D eigenvalue weighted by atomic mass is 9.88. The van der Waals surface area contributed by atoms with E-state index in [2.05, 4.69) is 12.2 Å². The van der Waals surface area contributed by atoms with Crippen molar-refractivity contribution in [3.05, 3.63) is 35.4 Å². The first-order valence-electron chi connectivity index (χ1n) is 5.84. The second-order valence-corrected chi connectivity index (χ2v) is 4.62. The number of piperidine rings is 1. The zero-order valence-electron chi connectivity index (χ0n) is 9.47. The number of rotatable bonds is 2. The Morgan fingerprint density at radius 1 is 1.38 bits per heavy atom. The highest BCUT2D eigenvalue weighted by Crippen LogP contribution is 2.20. The summed E-state index contributed by atoms with van der Waals surface area (Å²) in [5.74, 6) is -0.385. The zero-order chi connectivity index (χ0) is 11.5. The molecule has 2 atom stereocenters. The van der Waals surface area contributed by atoms with Gasteiger partial charge in [0.15, 0.2) is 0 Å².